The molecule has 7 heavy (non-hydrogen) atoms. The lowest BCUT2D eigenvalue weighted by molar-refractivity contribution is 0.765. The van der Waals surface area contributed by atoms with Crippen LogP contribution in [0.1, 0.15) is 26.7 Å². The van der Waals surface area contributed by atoms with Crippen molar-refractivity contribution in [3.8, 4) is 0 Å². The zero-order chi connectivity index (χ0) is 5.28. The maximum atomic E-state index is 2.41. The molecule has 1 rings (SSSR count). The quantitative estimate of drug-likeness (QED) is 0.419. The molecule has 2 atom stereocenters. The molecule has 0 saturated carbocycles. The van der Waals surface area contributed by atoms with Gasteiger partial charge in [0, 0.05) is 9.52 Å². The van der Waals surface area contributed by atoms with Gasteiger partial charge in [0.05, 0.1) is 0 Å². The topological polar surface area (TPSA) is 0 Å². The van der Waals surface area contributed by atoms with Crippen LogP contribution in [0, 0.1) is 0 Å². The van der Waals surface area contributed by atoms with E-state index >= 15 is 0 Å². The summed E-state index contributed by atoms with van der Waals surface area (Å²) in [5.41, 5.74) is 2.32. The van der Waals surface area contributed by atoms with E-state index in [0.29, 0.717) is 9.52 Å². The Morgan fingerprint density at radius 3 is 1.71 bits per heavy atom. The van der Waals surface area contributed by atoms with Gasteiger partial charge < -0.3 is 0 Å². The van der Waals surface area contributed by atoms with E-state index < -0.39 is 0 Å². The van der Waals surface area contributed by atoms with Gasteiger partial charge in [0.1, 0.15) is 0 Å². The van der Waals surface area contributed by atoms with Crippen LogP contribution in [0.4, 0.5) is 0 Å². The fourth-order valence-electron chi connectivity index (χ4n) is 1.49. The van der Waals surface area contributed by atoms with Gasteiger partial charge in [-0.05, 0) is 0 Å². The van der Waals surface area contributed by atoms with Crippen LogP contribution in [0.5, 0.6) is 0 Å². The SMILES string of the molecule is CC1CCC(C)[SiH2]1. The van der Waals surface area contributed by atoms with Crippen molar-refractivity contribution in [2.45, 2.75) is 37.8 Å². The Kier molecular flexibility index (Phi) is 1.52. The molecule has 0 amide bonds. The highest BCUT2D eigenvalue weighted by Crippen LogP contribution is 2.30. The van der Waals surface area contributed by atoms with Gasteiger partial charge in [0.2, 0.25) is 0 Å². The Labute approximate surface area is 48.1 Å². The molecule has 0 aromatic heterocycles. The molecule has 0 N–H and O–H groups in total. The van der Waals surface area contributed by atoms with Crippen LogP contribution in [-0.2, 0) is 0 Å². The first-order chi connectivity index (χ1) is 3.29. The molecule has 1 aliphatic heterocycles. The first kappa shape index (κ1) is 5.36. The van der Waals surface area contributed by atoms with Gasteiger partial charge in [-0.15, -0.1) is 0 Å². The summed E-state index contributed by atoms with van der Waals surface area (Å²) in [5, 5.41) is 0. The molecule has 1 aliphatic rings. The molecule has 2 unspecified atom stereocenters. The average Bonchev–Trinajstić information content (AvgIpc) is 1.87. The standard InChI is InChI=1S/C6H14Si/c1-5-3-4-6(2)7-5/h5-6H,3-4,7H2,1-2H3. The highest BCUT2D eigenvalue weighted by Gasteiger charge is 2.16. The van der Waals surface area contributed by atoms with Crippen LogP contribution in [-0.4, -0.2) is 9.52 Å². The average molecular weight is 114 g/mol. The zero-order valence-electron chi connectivity index (χ0n) is 5.28. The lowest BCUT2D eigenvalue weighted by Crippen LogP contribution is -1.91. The van der Waals surface area contributed by atoms with E-state index in [2.05, 4.69) is 13.8 Å². The third kappa shape index (κ3) is 1.30. The van der Waals surface area contributed by atoms with Crippen LogP contribution in [0.3, 0.4) is 0 Å². The molecule has 1 fully saturated rings. The van der Waals surface area contributed by atoms with Crippen molar-refractivity contribution in [3.05, 3.63) is 0 Å². The van der Waals surface area contributed by atoms with Gasteiger partial charge in [-0.3, -0.25) is 0 Å². The minimum atomic E-state index is 0.392. The molecule has 1 saturated heterocycles. The summed E-state index contributed by atoms with van der Waals surface area (Å²) in [6.45, 7) is 4.82. The van der Waals surface area contributed by atoms with Crippen LogP contribution < -0.4 is 0 Å². The largest absolute Gasteiger partial charge is 0.0654 e. The molecular formula is C6H14Si. The second-order valence-corrected chi connectivity index (χ2v) is 6.28. The summed E-state index contributed by atoms with van der Waals surface area (Å²) in [6, 6.07) is 0. The van der Waals surface area contributed by atoms with Crippen LogP contribution in [0.15, 0.2) is 0 Å². The highest BCUT2D eigenvalue weighted by atomic mass is 28.2. The van der Waals surface area contributed by atoms with Crippen molar-refractivity contribution in [2.24, 2.45) is 0 Å². The fraction of sp³-hybridized carbons (Fsp3) is 1.00. The van der Waals surface area contributed by atoms with Gasteiger partial charge in [-0.25, -0.2) is 0 Å². The van der Waals surface area contributed by atoms with E-state index in [9.17, 15) is 0 Å². The molecular weight excluding hydrogens is 100 g/mol. The van der Waals surface area contributed by atoms with Crippen LogP contribution in [0.25, 0.3) is 0 Å². The van der Waals surface area contributed by atoms with Gasteiger partial charge in [0.25, 0.3) is 0 Å². The second kappa shape index (κ2) is 1.99. The Bertz CT molecular complexity index is 53.2. The smallest absolute Gasteiger partial charge is 0.0257 e. The van der Waals surface area contributed by atoms with Crippen molar-refractivity contribution < 1.29 is 0 Å². The first-order valence-electron chi connectivity index (χ1n) is 3.29. The van der Waals surface area contributed by atoms with Crippen LogP contribution >= 0.6 is 0 Å². The second-order valence-electron chi connectivity index (χ2n) is 3.02. The van der Waals surface area contributed by atoms with E-state index in [1.807, 2.05) is 0 Å². The molecule has 0 aliphatic carbocycles. The minimum Gasteiger partial charge on any atom is -0.0654 e. The molecule has 0 spiro atoms. The molecule has 0 radical (unpaired) electrons. The van der Waals surface area contributed by atoms with Crippen molar-refractivity contribution in [1.82, 2.24) is 0 Å². The first-order valence-corrected chi connectivity index (χ1v) is 4.92. The van der Waals surface area contributed by atoms with Crippen molar-refractivity contribution >= 4 is 9.52 Å². The lowest BCUT2D eigenvalue weighted by atomic mass is 10.2. The Balaban J connectivity index is 2.26. The van der Waals surface area contributed by atoms with Crippen molar-refractivity contribution in [2.75, 3.05) is 0 Å². The fourth-order valence-corrected chi connectivity index (χ4v) is 3.81. The molecule has 0 aromatic carbocycles. The summed E-state index contributed by atoms with van der Waals surface area (Å²) >= 11 is 0. The predicted octanol–water partition coefficient (Wildman–Crippen LogP) is 1.57. The Hall–Kier alpha value is 0.217. The molecule has 0 bridgehead atoms. The van der Waals surface area contributed by atoms with Gasteiger partial charge in [-0.2, -0.15) is 0 Å². The summed E-state index contributed by atoms with van der Waals surface area (Å²) in [6.07, 6.45) is 3.07. The van der Waals surface area contributed by atoms with Gasteiger partial charge >= 0.3 is 0 Å². The summed E-state index contributed by atoms with van der Waals surface area (Å²) < 4.78 is 0. The van der Waals surface area contributed by atoms with Crippen molar-refractivity contribution in [3.63, 3.8) is 0 Å². The maximum Gasteiger partial charge on any atom is 0.0257 e. The van der Waals surface area contributed by atoms with Crippen molar-refractivity contribution in [1.29, 1.82) is 0 Å². The Morgan fingerprint density at radius 2 is 1.57 bits per heavy atom. The number of rotatable bonds is 0. The maximum absolute atomic E-state index is 2.41. The highest BCUT2D eigenvalue weighted by molar-refractivity contribution is 6.40. The summed E-state index contributed by atoms with van der Waals surface area (Å²) in [7, 11) is 0.392. The summed E-state index contributed by atoms with van der Waals surface area (Å²) in [5.74, 6) is 0. The van der Waals surface area contributed by atoms with E-state index in [1.54, 1.807) is 0 Å². The van der Waals surface area contributed by atoms with Gasteiger partial charge in [0.15, 0.2) is 0 Å². The molecule has 1 heteroatoms. The molecule has 0 nitrogen and oxygen atoms in total. The minimum absolute atomic E-state index is 0.392. The third-order valence-corrected chi connectivity index (χ3v) is 4.38. The lowest BCUT2D eigenvalue weighted by Gasteiger charge is -1.94. The molecule has 1 heterocycles. The van der Waals surface area contributed by atoms with Gasteiger partial charge in [-0.1, -0.05) is 37.8 Å². The monoisotopic (exact) mass is 114 g/mol. The summed E-state index contributed by atoms with van der Waals surface area (Å²) in [4.78, 5) is 0. The third-order valence-electron chi connectivity index (χ3n) is 1.96. The van der Waals surface area contributed by atoms with Crippen LogP contribution in [0.2, 0.25) is 11.1 Å². The number of hydrogen-bond donors (Lipinski definition) is 0. The normalized spacial score (nSPS) is 45.4. The molecule has 0 aromatic rings. The zero-order valence-corrected chi connectivity index (χ0v) is 6.69. The predicted molar refractivity (Wildman–Crippen MR) is 36.6 cm³/mol. The van der Waals surface area contributed by atoms with E-state index in [-0.39, 0.29) is 0 Å². The van der Waals surface area contributed by atoms with E-state index in [4.69, 9.17) is 0 Å². The van der Waals surface area contributed by atoms with E-state index in [1.165, 1.54) is 12.8 Å². The van der Waals surface area contributed by atoms with E-state index in [0.717, 1.165) is 11.1 Å². The molecule has 42 valence electrons. The number of hydrogen-bond acceptors (Lipinski definition) is 0. The Morgan fingerprint density at radius 1 is 1.14 bits per heavy atom.